The fourth-order valence-electron chi connectivity index (χ4n) is 2.85. The molecule has 0 saturated heterocycles. The molecule has 0 aromatic heterocycles. The molecule has 7 nitrogen and oxygen atoms in total. The topological polar surface area (TPSA) is 92.8 Å². The van der Waals surface area contributed by atoms with E-state index in [1.807, 2.05) is 25.1 Å². The molecule has 0 aliphatic carbocycles. The van der Waals surface area contributed by atoms with E-state index in [1.165, 1.54) is 28.6 Å². The zero-order chi connectivity index (χ0) is 21.4. The Balaban J connectivity index is 2.05. The van der Waals surface area contributed by atoms with E-state index in [-0.39, 0.29) is 10.5 Å². The highest BCUT2D eigenvalue weighted by molar-refractivity contribution is 7.89. The van der Waals surface area contributed by atoms with Gasteiger partial charge in [0.2, 0.25) is 10.0 Å². The van der Waals surface area contributed by atoms with Crippen LogP contribution >= 0.6 is 0 Å². The Kier molecular flexibility index (Phi) is 7.92. The van der Waals surface area contributed by atoms with Crippen LogP contribution in [0, 0.1) is 0 Å². The van der Waals surface area contributed by atoms with Crippen LogP contribution in [0.25, 0.3) is 0 Å². The molecule has 0 aliphatic heterocycles. The number of sulfonamides is 1. The molecule has 2 aromatic rings. The van der Waals surface area contributed by atoms with Crippen LogP contribution < -0.4 is 5.32 Å². The zero-order valence-corrected chi connectivity index (χ0v) is 17.7. The summed E-state index contributed by atoms with van der Waals surface area (Å²) in [6.07, 6.45) is 0.754. The van der Waals surface area contributed by atoms with Crippen LogP contribution in [0.2, 0.25) is 0 Å². The van der Waals surface area contributed by atoms with Gasteiger partial charge in [-0.2, -0.15) is 4.31 Å². The van der Waals surface area contributed by atoms with Crippen molar-refractivity contribution in [2.75, 3.05) is 25.0 Å². The summed E-state index contributed by atoms with van der Waals surface area (Å²) in [5.41, 5.74) is 1.71. The van der Waals surface area contributed by atoms with Crippen molar-refractivity contribution in [1.82, 2.24) is 4.31 Å². The number of hydrogen-bond acceptors (Lipinski definition) is 5. The summed E-state index contributed by atoms with van der Waals surface area (Å²) in [6.45, 7) is 5.65. The van der Waals surface area contributed by atoms with Crippen molar-refractivity contribution >= 4 is 27.6 Å². The molecule has 29 heavy (non-hydrogen) atoms. The van der Waals surface area contributed by atoms with Crippen molar-refractivity contribution in [3.63, 3.8) is 0 Å². The Morgan fingerprint density at radius 2 is 1.69 bits per heavy atom. The summed E-state index contributed by atoms with van der Waals surface area (Å²) in [5, 5.41) is 2.72. The van der Waals surface area contributed by atoms with E-state index in [4.69, 9.17) is 4.74 Å². The fraction of sp³-hybridized carbons (Fsp3) is 0.333. The second-order valence-electron chi connectivity index (χ2n) is 6.25. The predicted molar refractivity (Wildman–Crippen MR) is 111 cm³/mol. The molecule has 0 fully saturated rings. The molecular weight excluding hydrogens is 392 g/mol. The number of anilines is 1. The minimum atomic E-state index is -3.69. The minimum absolute atomic E-state index is 0.0111. The van der Waals surface area contributed by atoms with E-state index in [0.29, 0.717) is 18.8 Å². The molecule has 0 radical (unpaired) electrons. The zero-order valence-electron chi connectivity index (χ0n) is 16.8. The van der Waals surface area contributed by atoms with Gasteiger partial charge in [0.25, 0.3) is 5.91 Å². The first kappa shape index (κ1) is 22.6. The lowest BCUT2D eigenvalue weighted by molar-refractivity contribution is -0.119. The predicted octanol–water partition coefficient (Wildman–Crippen LogP) is 3.08. The van der Waals surface area contributed by atoms with Crippen LogP contribution in [-0.4, -0.2) is 44.3 Å². The van der Waals surface area contributed by atoms with Crippen LogP contribution in [0.5, 0.6) is 0 Å². The number of nitrogens with zero attached hydrogens (tertiary/aromatic N) is 1. The van der Waals surface area contributed by atoms with Gasteiger partial charge in [0.1, 0.15) is 0 Å². The Labute approximate surface area is 171 Å². The Bertz CT molecular complexity index is 969. The van der Waals surface area contributed by atoms with Crippen molar-refractivity contribution in [1.29, 1.82) is 0 Å². The van der Waals surface area contributed by atoms with Gasteiger partial charge in [0.05, 0.1) is 10.5 Å². The van der Waals surface area contributed by atoms with E-state index in [1.54, 1.807) is 19.9 Å². The summed E-state index contributed by atoms with van der Waals surface area (Å²) in [4.78, 5) is 24.4. The van der Waals surface area contributed by atoms with Crippen LogP contribution in [0.4, 0.5) is 5.69 Å². The van der Waals surface area contributed by atoms with Gasteiger partial charge in [0.15, 0.2) is 6.61 Å². The molecule has 0 saturated carbocycles. The molecule has 2 rings (SSSR count). The molecule has 0 bridgehead atoms. The number of rotatable bonds is 9. The van der Waals surface area contributed by atoms with E-state index < -0.39 is 28.5 Å². The lowest BCUT2D eigenvalue weighted by Gasteiger charge is -2.18. The number of nitrogens with one attached hydrogen (secondary N) is 1. The second kappa shape index (κ2) is 10.2. The number of carbonyl (C=O) groups is 2. The summed E-state index contributed by atoms with van der Waals surface area (Å²) in [7, 11) is -3.69. The Morgan fingerprint density at radius 1 is 1.00 bits per heavy atom. The van der Waals surface area contributed by atoms with Crippen molar-refractivity contribution in [3.8, 4) is 0 Å². The van der Waals surface area contributed by atoms with Gasteiger partial charge in [-0.3, -0.25) is 4.79 Å². The normalized spacial score (nSPS) is 11.3. The highest BCUT2D eigenvalue weighted by atomic mass is 32.2. The minimum Gasteiger partial charge on any atom is -0.452 e. The maximum Gasteiger partial charge on any atom is 0.338 e. The smallest absolute Gasteiger partial charge is 0.338 e. The van der Waals surface area contributed by atoms with Crippen molar-refractivity contribution in [3.05, 3.63) is 59.7 Å². The highest BCUT2D eigenvalue weighted by Crippen LogP contribution is 2.18. The van der Waals surface area contributed by atoms with Gasteiger partial charge in [0, 0.05) is 18.8 Å². The van der Waals surface area contributed by atoms with Gasteiger partial charge in [-0.05, 0) is 36.2 Å². The summed E-state index contributed by atoms with van der Waals surface area (Å²) in [5.74, 6) is -1.23. The average Bonchev–Trinajstić information content (AvgIpc) is 2.73. The summed E-state index contributed by atoms with van der Waals surface area (Å²) < 4.78 is 31.6. The molecule has 156 valence electrons. The monoisotopic (exact) mass is 418 g/mol. The maximum absolute atomic E-state index is 12.6. The van der Waals surface area contributed by atoms with Gasteiger partial charge in [-0.1, -0.05) is 45.0 Å². The lowest BCUT2D eigenvalue weighted by atomic mass is 10.1. The third-order valence-electron chi connectivity index (χ3n) is 4.42. The summed E-state index contributed by atoms with van der Waals surface area (Å²) >= 11 is 0. The molecule has 0 spiro atoms. The largest absolute Gasteiger partial charge is 0.452 e. The number of amides is 1. The Morgan fingerprint density at radius 3 is 2.34 bits per heavy atom. The number of aryl methyl sites for hydroxylation is 1. The van der Waals surface area contributed by atoms with Gasteiger partial charge in [-0.15, -0.1) is 0 Å². The standard InChI is InChI=1S/C21H26N2O5S/c1-4-16-10-7-8-13-19(16)22-20(24)15-28-21(25)17-11-9-12-18(14-17)29(26,27)23(5-2)6-3/h7-14H,4-6,15H2,1-3H3,(H,22,24). The van der Waals surface area contributed by atoms with Crippen molar-refractivity contribution < 1.29 is 22.7 Å². The van der Waals surface area contributed by atoms with Crippen LogP contribution in [0.15, 0.2) is 53.4 Å². The maximum atomic E-state index is 12.6. The van der Waals surface area contributed by atoms with E-state index >= 15 is 0 Å². The average molecular weight is 419 g/mol. The number of hydrogen-bond donors (Lipinski definition) is 1. The molecule has 8 heteroatoms. The fourth-order valence-corrected chi connectivity index (χ4v) is 4.35. The van der Waals surface area contributed by atoms with E-state index in [9.17, 15) is 18.0 Å². The van der Waals surface area contributed by atoms with E-state index in [0.717, 1.165) is 12.0 Å². The molecule has 1 amide bonds. The number of benzene rings is 2. The molecule has 0 aliphatic rings. The quantitative estimate of drug-likeness (QED) is 0.632. The van der Waals surface area contributed by atoms with Crippen LogP contribution in [0.3, 0.4) is 0 Å². The molecular formula is C21H26N2O5S. The third kappa shape index (κ3) is 5.65. The number of esters is 1. The van der Waals surface area contributed by atoms with Crippen molar-refractivity contribution in [2.45, 2.75) is 32.1 Å². The summed E-state index contributed by atoms with van der Waals surface area (Å²) in [6, 6.07) is 13.0. The molecule has 1 N–H and O–H groups in total. The first-order valence-electron chi connectivity index (χ1n) is 9.48. The molecule has 0 heterocycles. The van der Waals surface area contributed by atoms with Crippen LogP contribution in [0.1, 0.15) is 36.7 Å². The van der Waals surface area contributed by atoms with Crippen molar-refractivity contribution in [2.24, 2.45) is 0 Å². The molecule has 2 aromatic carbocycles. The molecule has 0 unspecified atom stereocenters. The second-order valence-corrected chi connectivity index (χ2v) is 8.19. The van der Waals surface area contributed by atoms with Gasteiger partial charge in [-0.25, -0.2) is 13.2 Å². The number of para-hydroxylation sites is 1. The van der Waals surface area contributed by atoms with Crippen LogP contribution in [-0.2, 0) is 26.0 Å². The Hall–Kier alpha value is -2.71. The van der Waals surface area contributed by atoms with E-state index in [2.05, 4.69) is 5.32 Å². The molecule has 0 atom stereocenters. The van der Waals surface area contributed by atoms with Gasteiger partial charge >= 0.3 is 5.97 Å². The number of ether oxygens (including phenoxy) is 1. The lowest BCUT2D eigenvalue weighted by Crippen LogP contribution is -2.30. The number of carbonyl (C=O) groups excluding carboxylic acids is 2. The third-order valence-corrected chi connectivity index (χ3v) is 6.47. The highest BCUT2D eigenvalue weighted by Gasteiger charge is 2.23. The SMILES string of the molecule is CCc1ccccc1NC(=O)COC(=O)c1cccc(S(=O)(=O)N(CC)CC)c1. The first-order chi connectivity index (χ1) is 13.8. The van der Waals surface area contributed by atoms with Gasteiger partial charge < -0.3 is 10.1 Å². The first-order valence-corrected chi connectivity index (χ1v) is 10.9.